The molecule has 0 radical (unpaired) electrons. The van der Waals surface area contributed by atoms with Crippen LogP contribution in [-0.4, -0.2) is 28.7 Å². The number of rotatable bonds is 7. The second-order valence-corrected chi connectivity index (χ2v) is 5.86. The van der Waals surface area contributed by atoms with Crippen LogP contribution in [0.25, 0.3) is 0 Å². The highest BCUT2D eigenvalue weighted by Gasteiger charge is 2.15. The third kappa shape index (κ3) is 5.10. The minimum absolute atomic E-state index is 0.0402. The van der Waals surface area contributed by atoms with Gasteiger partial charge in [-0.2, -0.15) is 0 Å². The van der Waals surface area contributed by atoms with Gasteiger partial charge in [0.05, 0.1) is 12.6 Å². The van der Waals surface area contributed by atoms with Gasteiger partial charge in [0.15, 0.2) is 0 Å². The summed E-state index contributed by atoms with van der Waals surface area (Å²) in [6.45, 7) is 1.70. The van der Waals surface area contributed by atoms with Gasteiger partial charge in [0.1, 0.15) is 29.8 Å². The standard InChI is InChI=1S/C16H17BrFN3O4/c1-2-24-13(22)7-21-9-20-15(14(17)16(21)23)25-8-12(19)10-3-5-11(18)6-4-10/h3-6,9,12H,2,7-8,19H2,1H3/t12-/m1/s1. The summed E-state index contributed by atoms with van der Waals surface area (Å²) in [5.41, 5.74) is 6.18. The van der Waals surface area contributed by atoms with Crippen molar-refractivity contribution in [3.05, 3.63) is 56.8 Å². The highest BCUT2D eigenvalue weighted by Crippen LogP contribution is 2.19. The summed E-state index contributed by atoms with van der Waals surface area (Å²) in [6.07, 6.45) is 1.20. The minimum Gasteiger partial charge on any atom is -0.475 e. The molecule has 1 atom stereocenters. The average molecular weight is 414 g/mol. The zero-order chi connectivity index (χ0) is 18.4. The molecule has 2 rings (SSSR count). The quantitative estimate of drug-likeness (QED) is 0.694. The highest BCUT2D eigenvalue weighted by molar-refractivity contribution is 9.10. The Balaban J connectivity index is 2.05. The van der Waals surface area contributed by atoms with E-state index in [-0.39, 0.29) is 35.9 Å². The lowest BCUT2D eigenvalue weighted by atomic mass is 10.1. The predicted octanol–water partition coefficient (Wildman–Crippen LogP) is 1.79. The number of aromatic nitrogens is 2. The number of esters is 1. The number of ether oxygens (including phenoxy) is 2. The number of nitrogens with zero attached hydrogens (tertiary/aromatic N) is 2. The zero-order valence-electron chi connectivity index (χ0n) is 13.4. The normalized spacial score (nSPS) is 11.8. The molecule has 25 heavy (non-hydrogen) atoms. The molecule has 0 bridgehead atoms. The Labute approximate surface area is 151 Å². The van der Waals surface area contributed by atoms with Crippen LogP contribution in [-0.2, 0) is 16.1 Å². The number of hydrogen-bond donors (Lipinski definition) is 1. The molecule has 0 aliphatic rings. The fourth-order valence-corrected chi connectivity index (χ4v) is 2.43. The Morgan fingerprint density at radius 3 is 2.72 bits per heavy atom. The molecule has 1 aromatic carbocycles. The molecule has 0 fully saturated rings. The molecule has 0 saturated carbocycles. The van der Waals surface area contributed by atoms with Gasteiger partial charge in [0.2, 0.25) is 5.88 Å². The Morgan fingerprint density at radius 2 is 2.08 bits per heavy atom. The van der Waals surface area contributed by atoms with Crippen LogP contribution in [0.1, 0.15) is 18.5 Å². The van der Waals surface area contributed by atoms with Crippen LogP contribution in [0.5, 0.6) is 5.88 Å². The molecule has 1 aromatic heterocycles. The second kappa shape index (κ2) is 8.72. The second-order valence-electron chi connectivity index (χ2n) is 5.07. The summed E-state index contributed by atoms with van der Waals surface area (Å²) >= 11 is 3.11. The summed E-state index contributed by atoms with van der Waals surface area (Å²) in [6, 6.07) is 5.21. The van der Waals surface area contributed by atoms with Gasteiger partial charge in [0.25, 0.3) is 5.56 Å². The number of carbonyl (C=O) groups is 1. The van der Waals surface area contributed by atoms with Gasteiger partial charge >= 0.3 is 5.97 Å². The van der Waals surface area contributed by atoms with Gasteiger partial charge in [0, 0.05) is 0 Å². The molecular weight excluding hydrogens is 397 g/mol. The lowest BCUT2D eigenvalue weighted by molar-refractivity contribution is -0.143. The Morgan fingerprint density at radius 1 is 1.40 bits per heavy atom. The van der Waals surface area contributed by atoms with Crippen molar-refractivity contribution >= 4 is 21.9 Å². The molecule has 1 heterocycles. The van der Waals surface area contributed by atoms with Crippen molar-refractivity contribution < 1.29 is 18.7 Å². The molecular formula is C16H17BrFN3O4. The van der Waals surface area contributed by atoms with Gasteiger partial charge in [-0.3, -0.25) is 14.2 Å². The molecule has 9 heteroatoms. The summed E-state index contributed by atoms with van der Waals surface area (Å²) in [4.78, 5) is 27.7. The van der Waals surface area contributed by atoms with Crippen molar-refractivity contribution in [3.8, 4) is 5.88 Å². The van der Waals surface area contributed by atoms with E-state index in [9.17, 15) is 14.0 Å². The van der Waals surface area contributed by atoms with Crippen LogP contribution < -0.4 is 16.0 Å². The Bertz CT molecular complexity index is 795. The summed E-state index contributed by atoms with van der Waals surface area (Å²) in [5, 5.41) is 0. The lowest BCUT2D eigenvalue weighted by Crippen LogP contribution is -2.27. The number of benzene rings is 1. The van der Waals surface area contributed by atoms with E-state index >= 15 is 0 Å². The van der Waals surface area contributed by atoms with E-state index in [1.54, 1.807) is 19.1 Å². The number of nitrogens with two attached hydrogens (primary N) is 1. The van der Waals surface area contributed by atoms with Crippen molar-refractivity contribution in [1.29, 1.82) is 0 Å². The van der Waals surface area contributed by atoms with E-state index < -0.39 is 17.6 Å². The van der Waals surface area contributed by atoms with Crippen molar-refractivity contribution in [2.24, 2.45) is 5.73 Å². The third-order valence-electron chi connectivity index (χ3n) is 3.25. The van der Waals surface area contributed by atoms with Gasteiger partial charge in [-0.05, 0) is 40.5 Å². The molecule has 0 aliphatic heterocycles. The number of carbonyl (C=O) groups excluding carboxylic acids is 1. The predicted molar refractivity (Wildman–Crippen MR) is 91.7 cm³/mol. The molecule has 134 valence electrons. The van der Waals surface area contributed by atoms with Crippen molar-refractivity contribution in [2.75, 3.05) is 13.2 Å². The van der Waals surface area contributed by atoms with Gasteiger partial charge in [-0.1, -0.05) is 12.1 Å². The largest absolute Gasteiger partial charge is 0.475 e. The summed E-state index contributed by atoms with van der Waals surface area (Å²) in [7, 11) is 0. The first-order valence-corrected chi connectivity index (χ1v) is 8.26. The van der Waals surface area contributed by atoms with E-state index in [1.807, 2.05) is 0 Å². The van der Waals surface area contributed by atoms with Crippen LogP contribution in [0.2, 0.25) is 0 Å². The van der Waals surface area contributed by atoms with E-state index in [2.05, 4.69) is 20.9 Å². The average Bonchev–Trinajstić information content (AvgIpc) is 2.59. The SMILES string of the molecule is CCOC(=O)Cn1cnc(OC[C@@H](N)c2ccc(F)cc2)c(Br)c1=O. The van der Waals surface area contributed by atoms with Gasteiger partial charge in [-0.25, -0.2) is 9.37 Å². The molecule has 0 unspecified atom stereocenters. The first kappa shape index (κ1) is 19.1. The summed E-state index contributed by atoms with van der Waals surface area (Å²) in [5.74, 6) is -0.834. The van der Waals surface area contributed by atoms with Crippen LogP contribution in [0.15, 0.2) is 39.9 Å². The van der Waals surface area contributed by atoms with Gasteiger partial charge < -0.3 is 15.2 Å². The molecule has 0 amide bonds. The molecule has 7 nitrogen and oxygen atoms in total. The van der Waals surface area contributed by atoms with E-state index in [1.165, 1.54) is 18.5 Å². The fraction of sp³-hybridized carbons (Fsp3) is 0.312. The molecule has 2 aromatic rings. The van der Waals surface area contributed by atoms with E-state index in [0.717, 1.165) is 4.57 Å². The zero-order valence-corrected chi connectivity index (χ0v) is 15.0. The van der Waals surface area contributed by atoms with Crippen molar-refractivity contribution in [1.82, 2.24) is 9.55 Å². The van der Waals surface area contributed by atoms with E-state index in [4.69, 9.17) is 15.2 Å². The maximum atomic E-state index is 12.9. The highest BCUT2D eigenvalue weighted by atomic mass is 79.9. The van der Waals surface area contributed by atoms with Gasteiger partial charge in [-0.15, -0.1) is 0 Å². The number of hydrogen-bond acceptors (Lipinski definition) is 6. The fourth-order valence-electron chi connectivity index (χ4n) is 1.98. The van der Waals surface area contributed by atoms with Crippen molar-refractivity contribution in [2.45, 2.75) is 19.5 Å². The minimum atomic E-state index is -0.537. The monoisotopic (exact) mass is 413 g/mol. The van der Waals surface area contributed by atoms with Crippen LogP contribution >= 0.6 is 15.9 Å². The maximum Gasteiger partial charge on any atom is 0.326 e. The maximum absolute atomic E-state index is 12.9. The van der Waals surface area contributed by atoms with Crippen LogP contribution in [0, 0.1) is 5.82 Å². The number of halogens is 2. The van der Waals surface area contributed by atoms with Crippen LogP contribution in [0.4, 0.5) is 4.39 Å². The third-order valence-corrected chi connectivity index (χ3v) is 3.93. The molecule has 0 spiro atoms. The molecule has 0 saturated heterocycles. The van der Waals surface area contributed by atoms with Crippen molar-refractivity contribution in [3.63, 3.8) is 0 Å². The lowest BCUT2D eigenvalue weighted by Gasteiger charge is -2.14. The summed E-state index contributed by atoms with van der Waals surface area (Å²) < 4.78 is 24.4. The molecule has 2 N–H and O–H groups in total. The first-order chi connectivity index (χ1) is 11.9. The first-order valence-electron chi connectivity index (χ1n) is 7.46. The topological polar surface area (TPSA) is 96.4 Å². The Kier molecular flexibility index (Phi) is 6.65. The van der Waals surface area contributed by atoms with Crippen LogP contribution in [0.3, 0.4) is 0 Å². The molecule has 0 aliphatic carbocycles. The Hall–Kier alpha value is -2.26. The smallest absolute Gasteiger partial charge is 0.326 e. The van der Waals surface area contributed by atoms with E-state index in [0.29, 0.717) is 5.56 Å².